The highest BCUT2D eigenvalue weighted by Crippen LogP contribution is 2.23. The van der Waals surface area contributed by atoms with Crippen molar-refractivity contribution >= 4 is 25.7 Å². The Balaban J connectivity index is 1.42. The van der Waals surface area contributed by atoms with Crippen molar-refractivity contribution in [3.8, 4) is 0 Å². The molecular formula is C22H29N3O4S2. The van der Waals surface area contributed by atoms with E-state index in [-0.39, 0.29) is 15.8 Å². The van der Waals surface area contributed by atoms with Crippen molar-refractivity contribution in [3.63, 3.8) is 0 Å². The Bertz CT molecular complexity index is 1070. The molecule has 2 fully saturated rings. The average Bonchev–Trinajstić information content (AvgIpc) is 2.80. The molecule has 7 nitrogen and oxygen atoms in total. The summed E-state index contributed by atoms with van der Waals surface area (Å²) < 4.78 is 55.6. The first-order valence-corrected chi connectivity index (χ1v) is 13.7. The number of benzene rings is 2. The third-order valence-electron chi connectivity index (χ3n) is 6.06. The van der Waals surface area contributed by atoms with Gasteiger partial charge in [0.25, 0.3) is 0 Å². The van der Waals surface area contributed by atoms with Gasteiger partial charge >= 0.3 is 0 Å². The Labute approximate surface area is 185 Å². The molecule has 168 valence electrons. The van der Waals surface area contributed by atoms with Gasteiger partial charge in [-0.2, -0.15) is 4.31 Å². The Kier molecular flexibility index (Phi) is 6.66. The highest BCUT2D eigenvalue weighted by molar-refractivity contribution is 7.89. The van der Waals surface area contributed by atoms with Crippen LogP contribution in [0.3, 0.4) is 0 Å². The van der Waals surface area contributed by atoms with Gasteiger partial charge in [0.15, 0.2) is 0 Å². The third-order valence-corrected chi connectivity index (χ3v) is 9.51. The summed E-state index contributed by atoms with van der Waals surface area (Å²) in [5, 5.41) is 0. The number of hydrogen-bond acceptors (Lipinski definition) is 5. The molecule has 2 aliphatic rings. The van der Waals surface area contributed by atoms with Crippen molar-refractivity contribution in [1.82, 2.24) is 9.03 Å². The first kappa shape index (κ1) is 22.3. The molecule has 4 rings (SSSR count). The van der Waals surface area contributed by atoms with Gasteiger partial charge in [0.05, 0.1) is 9.79 Å². The zero-order valence-electron chi connectivity index (χ0n) is 17.5. The van der Waals surface area contributed by atoms with E-state index in [2.05, 4.69) is 9.62 Å². The minimum absolute atomic E-state index is 0.0388. The number of nitrogens with one attached hydrogen (secondary N) is 1. The Morgan fingerprint density at radius 1 is 0.710 bits per heavy atom. The van der Waals surface area contributed by atoms with Gasteiger partial charge in [-0.25, -0.2) is 21.6 Å². The fourth-order valence-electron chi connectivity index (χ4n) is 4.27. The number of piperazine rings is 1. The lowest BCUT2D eigenvalue weighted by atomic mass is 9.96. The van der Waals surface area contributed by atoms with E-state index in [9.17, 15) is 16.8 Å². The van der Waals surface area contributed by atoms with E-state index < -0.39 is 20.0 Å². The Morgan fingerprint density at radius 2 is 1.29 bits per heavy atom. The molecule has 2 aromatic carbocycles. The van der Waals surface area contributed by atoms with Crippen LogP contribution in [-0.4, -0.2) is 53.4 Å². The summed E-state index contributed by atoms with van der Waals surface area (Å²) in [4.78, 5) is 2.39. The lowest BCUT2D eigenvalue weighted by Crippen LogP contribution is -2.48. The van der Waals surface area contributed by atoms with Gasteiger partial charge in [0.1, 0.15) is 0 Å². The van der Waals surface area contributed by atoms with E-state index in [1.54, 1.807) is 0 Å². The summed E-state index contributed by atoms with van der Waals surface area (Å²) in [6.07, 6.45) is 4.90. The summed E-state index contributed by atoms with van der Waals surface area (Å²) in [6.45, 7) is 2.00. The van der Waals surface area contributed by atoms with E-state index in [0.717, 1.165) is 37.8 Å². The van der Waals surface area contributed by atoms with Crippen LogP contribution in [0.2, 0.25) is 0 Å². The summed E-state index contributed by atoms with van der Waals surface area (Å²) in [5.74, 6) is 0. The van der Waals surface area contributed by atoms with Gasteiger partial charge in [0, 0.05) is 37.9 Å². The number of para-hydroxylation sites is 1. The predicted molar refractivity (Wildman–Crippen MR) is 121 cm³/mol. The molecule has 0 aromatic heterocycles. The van der Waals surface area contributed by atoms with Crippen LogP contribution in [0.4, 0.5) is 5.69 Å². The van der Waals surface area contributed by atoms with Crippen molar-refractivity contribution in [3.05, 3.63) is 54.6 Å². The molecule has 2 aromatic rings. The number of sulfonamides is 2. The van der Waals surface area contributed by atoms with Crippen LogP contribution in [0, 0.1) is 0 Å². The van der Waals surface area contributed by atoms with Crippen LogP contribution < -0.4 is 9.62 Å². The lowest BCUT2D eigenvalue weighted by molar-refractivity contribution is 0.385. The quantitative estimate of drug-likeness (QED) is 0.712. The minimum atomic E-state index is -3.67. The van der Waals surface area contributed by atoms with Crippen LogP contribution in [0.25, 0.3) is 0 Å². The van der Waals surface area contributed by atoms with E-state index in [1.807, 2.05) is 30.3 Å². The highest BCUT2D eigenvalue weighted by atomic mass is 32.2. The molecule has 0 atom stereocenters. The molecule has 0 amide bonds. The predicted octanol–water partition coefficient (Wildman–Crippen LogP) is 2.81. The Morgan fingerprint density at radius 3 is 1.90 bits per heavy atom. The van der Waals surface area contributed by atoms with E-state index in [4.69, 9.17) is 0 Å². The monoisotopic (exact) mass is 463 g/mol. The zero-order chi connectivity index (χ0) is 21.9. The Hall–Kier alpha value is -1.94. The second kappa shape index (κ2) is 9.28. The zero-order valence-corrected chi connectivity index (χ0v) is 19.1. The molecule has 0 radical (unpaired) electrons. The van der Waals surface area contributed by atoms with Gasteiger partial charge in [-0.05, 0) is 49.2 Å². The second-order valence-electron chi connectivity index (χ2n) is 8.15. The van der Waals surface area contributed by atoms with Crippen LogP contribution in [0.15, 0.2) is 64.4 Å². The molecule has 1 saturated carbocycles. The molecule has 9 heteroatoms. The molecule has 1 N–H and O–H groups in total. The SMILES string of the molecule is O=S(=O)(NC1CCCCC1)c1ccc(S(=O)(=O)N2CCN(c3ccccc3)CC2)cc1. The number of nitrogens with zero attached hydrogens (tertiary/aromatic N) is 2. The number of rotatable bonds is 6. The normalized spacial score (nSPS) is 19.4. The van der Waals surface area contributed by atoms with E-state index >= 15 is 0 Å². The summed E-state index contributed by atoms with van der Waals surface area (Å²) >= 11 is 0. The molecule has 1 aliphatic heterocycles. The largest absolute Gasteiger partial charge is 0.369 e. The average molecular weight is 464 g/mol. The molecule has 0 bridgehead atoms. The van der Waals surface area contributed by atoms with Crippen LogP contribution in [0.5, 0.6) is 0 Å². The molecule has 1 saturated heterocycles. The van der Waals surface area contributed by atoms with Gasteiger partial charge < -0.3 is 4.90 Å². The first-order valence-electron chi connectivity index (χ1n) is 10.8. The van der Waals surface area contributed by atoms with Crippen molar-refractivity contribution in [1.29, 1.82) is 0 Å². The van der Waals surface area contributed by atoms with Crippen LogP contribution >= 0.6 is 0 Å². The van der Waals surface area contributed by atoms with Gasteiger partial charge in [-0.3, -0.25) is 0 Å². The molecule has 0 spiro atoms. The molecule has 1 heterocycles. The van der Waals surface area contributed by atoms with Gasteiger partial charge in [-0.15, -0.1) is 0 Å². The fourth-order valence-corrected chi connectivity index (χ4v) is 7.00. The fraction of sp³-hybridized carbons (Fsp3) is 0.455. The lowest BCUT2D eigenvalue weighted by Gasteiger charge is -2.35. The summed E-state index contributed by atoms with van der Waals surface area (Å²) in [6, 6.07) is 15.5. The first-order chi connectivity index (χ1) is 14.9. The maximum atomic E-state index is 13.1. The standard InChI is InChI=1S/C22H29N3O4S2/c26-30(27,23-19-7-3-1-4-8-19)21-11-13-22(14-12-21)31(28,29)25-17-15-24(16-18-25)20-9-5-2-6-10-20/h2,5-6,9-14,19,23H,1,3-4,7-8,15-18H2. The maximum absolute atomic E-state index is 13.1. The van der Waals surface area contributed by atoms with Crippen molar-refractivity contribution in [2.24, 2.45) is 0 Å². The highest BCUT2D eigenvalue weighted by Gasteiger charge is 2.29. The summed E-state index contributed by atoms with van der Waals surface area (Å²) in [7, 11) is -7.32. The van der Waals surface area contributed by atoms with Gasteiger partial charge in [0.2, 0.25) is 20.0 Å². The molecule has 31 heavy (non-hydrogen) atoms. The van der Waals surface area contributed by atoms with Crippen molar-refractivity contribution in [2.75, 3.05) is 31.1 Å². The topological polar surface area (TPSA) is 86.8 Å². The summed E-state index contributed by atoms with van der Waals surface area (Å²) in [5.41, 5.74) is 1.08. The maximum Gasteiger partial charge on any atom is 0.243 e. The second-order valence-corrected chi connectivity index (χ2v) is 11.8. The van der Waals surface area contributed by atoms with Crippen LogP contribution in [0.1, 0.15) is 32.1 Å². The third kappa shape index (κ3) is 5.11. The molecular weight excluding hydrogens is 434 g/mol. The van der Waals surface area contributed by atoms with Crippen LogP contribution in [-0.2, 0) is 20.0 Å². The van der Waals surface area contributed by atoms with E-state index in [1.165, 1.54) is 28.6 Å². The van der Waals surface area contributed by atoms with Crippen molar-refractivity contribution in [2.45, 2.75) is 47.9 Å². The minimum Gasteiger partial charge on any atom is -0.369 e. The number of anilines is 1. The van der Waals surface area contributed by atoms with Gasteiger partial charge in [-0.1, -0.05) is 37.5 Å². The molecule has 1 aliphatic carbocycles. The molecule has 0 unspecified atom stereocenters. The van der Waals surface area contributed by atoms with Crippen molar-refractivity contribution < 1.29 is 16.8 Å². The number of hydrogen-bond donors (Lipinski definition) is 1. The van der Waals surface area contributed by atoms with E-state index in [0.29, 0.717) is 26.2 Å². The smallest absolute Gasteiger partial charge is 0.243 e.